The first-order valence-electron chi connectivity index (χ1n) is 4.93. The van der Waals surface area contributed by atoms with Crippen molar-refractivity contribution < 1.29 is 24.2 Å². The van der Waals surface area contributed by atoms with Gasteiger partial charge in [-0.15, -0.1) is 0 Å². The summed E-state index contributed by atoms with van der Waals surface area (Å²) < 4.78 is 13.8. The Hall–Kier alpha value is -1.22. The van der Waals surface area contributed by atoms with Crippen LogP contribution in [0.25, 0.3) is 0 Å². The highest BCUT2D eigenvalue weighted by atomic mass is 127. The van der Waals surface area contributed by atoms with E-state index >= 15 is 0 Å². The van der Waals surface area contributed by atoms with Gasteiger partial charge >= 0.3 is 5.97 Å². The second-order valence-electron chi connectivity index (χ2n) is 3.86. The number of carbonyl (C=O) groups excluding carboxylic acids is 1. The van der Waals surface area contributed by atoms with Crippen molar-refractivity contribution in [2.24, 2.45) is 0 Å². The Morgan fingerprint density at radius 3 is 2.61 bits per heavy atom. The lowest BCUT2D eigenvalue weighted by atomic mass is 10.1. The molecule has 1 unspecified atom stereocenters. The fourth-order valence-electron chi connectivity index (χ4n) is 1.13. The van der Waals surface area contributed by atoms with Crippen molar-refractivity contribution in [2.45, 2.75) is 12.5 Å². The van der Waals surface area contributed by atoms with Gasteiger partial charge in [0.25, 0.3) is 5.91 Å². The van der Waals surface area contributed by atoms with Crippen LogP contribution in [0.1, 0.15) is 17.3 Å². The third-order valence-corrected chi connectivity index (χ3v) is 3.14. The van der Waals surface area contributed by atoms with Crippen LogP contribution in [0.3, 0.4) is 0 Å². The van der Waals surface area contributed by atoms with Crippen molar-refractivity contribution in [3.8, 4) is 0 Å². The van der Waals surface area contributed by atoms with Crippen molar-refractivity contribution in [2.75, 3.05) is 6.54 Å². The minimum atomic E-state index is -2.09. The highest BCUT2D eigenvalue weighted by Gasteiger charge is 2.30. The summed E-state index contributed by atoms with van der Waals surface area (Å²) in [6.07, 6.45) is 0. The van der Waals surface area contributed by atoms with E-state index < -0.39 is 29.8 Å². The maximum Gasteiger partial charge on any atom is 0.337 e. The van der Waals surface area contributed by atoms with Crippen molar-refractivity contribution in [1.29, 1.82) is 0 Å². The fourth-order valence-corrected chi connectivity index (χ4v) is 1.84. The Morgan fingerprint density at radius 1 is 1.50 bits per heavy atom. The molecule has 7 heteroatoms. The molecular formula is C11H11FINO4. The molecule has 0 saturated heterocycles. The molecule has 0 saturated carbocycles. The summed E-state index contributed by atoms with van der Waals surface area (Å²) in [7, 11) is 0. The van der Waals surface area contributed by atoms with Gasteiger partial charge in [-0.1, -0.05) is 6.07 Å². The molecule has 5 nitrogen and oxygen atoms in total. The van der Waals surface area contributed by atoms with Gasteiger partial charge < -0.3 is 15.5 Å². The number of halogens is 2. The molecule has 0 heterocycles. The first-order chi connectivity index (χ1) is 8.25. The lowest BCUT2D eigenvalue weighted by Gasteiger charge is -2.18. The molecule has 0 aliphatic heterocycles. The van der Waals surface area contributed by atoms with E-state index in [9.17, 15) is 19.1 Å². The number of hydrogen-bond donors (Lipinski definition) is 3. The molecule has 0 radical (unpaired) electrons. The first-order valence-corrected chi connectivity index (χ1v) is 6.01. The number of carboxylic acids is 1. The summed E-state index contributed by atoms with van der Waals surface area (Å²) in [6.45, 7) is 0.535. The van der Waals surface area contributed by atoms with Gasteiger partial charge in [-0.3, -0.25) is 4.79 Å². The molecule has 0 aromatic heterocycles. The number of carbonyl (C=O) groups is 2. The summed E-state index contributed by atoms with van der Waals surface area (Å²) in [4.78, 5) is 22.3. The SMILES string of the molecule is CC(O)(CNC(=O)c1c(F)cccc1I)C(=O)O. The lowest BCUT2D eigenvalue weighted by molar-refractivity contribution is -0.155. The van der Waals surface area contributed by atoms with E-state index in [-0.39, 0.29) is 5.56 Å². The van der Waals surface area contributed by atoms with E-state index in [1.165, 1.54) is 6.07 Å². The van der Waals surface area contributed by atoms with Crippen LogP contribution in [0.15, 0.2) is 18.2 Å². The molecular weight excluding hydrogens is 356 g/mol. The van der Waals surface area contributed by atoms with Gasteiger partial charge in [-0.2, -0.15) is 0 Å². The van der Waals surface area contributed by atoms with Crippen LogP contribution in [-0.2, 0) is 4.79 Å². The topological polar surface area (TPSA) is 86.6 Å². The minimum absolute atomic E-state index is 0.167. The van der Waals surface area contributed by atoms with Crippen molar-refractivity contribution >= 4 is 34.5 Å². The molecule has 98 valence electrons. The molecule has 1 aromatic carbocycles. The Morgan fingerprint density at radius 2 is 2.11 bits per heavy atom. The summed E-state index contributed by atoms with van der Waals surface area (Å²) in [6, 6.07) is 4.14. The maximum atomic E-state index is 13.4. The van der Waals surface area contributed by atoms with Gasteiger partial charge in [0.1, 0.15) is 5.82 Å². The van der Waals surface area contributed by atoms with E-state index in [2.05, 4.69) is 5.32 Å². The molecule has 0 bridgehead atoms. The van der Waals surface area contributed by atoms with Gasteiger partial charge in [0.2, 0.25) is 0 Å². The van der Waals surface area contributed by atoms with E-state index in [4.69, 9.17) is 5.11 Å². The smallest absolute Gasteiger partial charge is 0.337 e. The zero-order valence-corrected chi connectivity index (χ0v) is 11.6. The summed E-state index contributed by atoms with van der Waals surface area (Å²) >= 11 is 1.80. The van der Waals surface area contributed by atoms with Gasteiger partial charge in [-0.25, -0.2) is 9.18 Å². The Balaban J connectivity index is 2.82. The number of aliphatic hydroxyl groups is 1. The Bertz CT molecular complexity index is 470. The highest BCUT2D eigenvalue weighted by Crippen LogP contribution is 2.15. The number of rotatable bonds is 4. The molecule has 0 aliphatic rings. The molecule has 0 fully saturated rings. The second-order valence-corrected chi connectivity index (χ2v) is 5.02. The second kappa shape index (κ2) is 5.61. The Kier molecular flexibility index (Phi) is 4.63. The number of nitrogens with one attached hydrogen (secondary N) is 1. The average Bonchev–Trinajstić information content (AvgIpc) is 2.26. The van der Waals surface area contributed by atoms with Crippen LogP contribution in [0.2, 0.25) is 0 Å². The average molecular weight is 367 g/mol. The zero-order valence-electron chi connectivity index (χ0n) is 9.41. The number of benzene rings is 1. The molecule has 1 aromatic rings. The summed E-state index contributed by atoms with van der Waals surface area (Å²) in [5.41, 5.74) is -2.26. The molecule has 0 aliphatic carbocycles. The standard InChI is InChI=1S/C11H11FINO4/c1-11(18,10(16)17)5-14-9(15)8-6(12)3-2-4-7(8)13/h2-4,18H,5H2,1H3,(H,14,15)(H,16,17). The first kappa shape index (κ1) is 14.8. The molecule has 1 atom stereocenters. The number of amides is 1. The van der Waals surface area contributed by atoms with Gasteiger partial charge in [0.15, 0.2) is 5.60 Å². The van der Waals surface area contributed by atoms with Gasteiger partial charge in [0.05, 0.1) is 12.1 Å². The largest absolute Gasteiger partial charge is 0.479 e. The van der Waals surface area contributed by atoms with Crippen LogP contribution < -0.4 is 5.32 Å². The van der Waals surface area contributed by atoms with E-state index in [0.717, 1.165) is 13.0 Å². The normalized spacial score (nSPS) is 13.8. The van der Waals surface area contributed by atoms with E-state index in [1.54, 1.807) is 28.7 Å². The Labute approximate surface area is 116 Å². The van der Waals surface area contributed by atoms with Crippen LogP contribution in [-0.4, -0.2) is 34.2 Å². The van der Waals surface area contributed by atoms with Crippen LogP contribution in [0, 0.1) is 9.39 Å². The minimum Gasteiger partial charge on any atom is -0.479 e. The van der Waals surface area contributed by atoms with Crippen molar-refractivity contribution in [3.05, 3.63) is 33.1 Å². The predicted octanol–water partition coefficient (Wildman–Crippen LogP) is 0.996. The highest BCUT2D eigenvalue weighted by molar-refractivity contribution is 14.1. The zero-order chi connectivity index (χ0) is 13.9. The molecule has 1 amide bonds. The van der Waals surface area contributed by atoms with Crippen molar-refractivity contribution in [3.63, 3.8) is 0 Å². The lowest BCUT2D eigenvalue weighted by Crippen LogP contribution is -2.46. The third kappa shape index (κ3) is 3.39. The quantitative estimate of drug-likeness (QED) is 0.693. The summed E-state index contributed by atoms with van der Waals surface area (Å²) in [5, 5.41) is 20.3. The molecule has 18 heavy (non-hydrogen) atoms. The molecule has 1 rings (SSSR count). The monoisotopic (exact) mass is 367 g/mol. The van der Waals surface area contributed by atoms with E-state index in [0.29, 0.717) is 3.57 Å². The number of aliphatic carboxylic acids is 1. The van der Waals surface area contributed by atoms with Gasteiger partial charge in [-0.05, 0) is 41.6 Å². The third-order valence-electron chi connectivity index (χ3n) is 2.24. The maximum absolute atomic E-state index is 13.4. The van der Waals surface area contributed by atoms with Crippen LogP contribution >= 0.6 is 22.6 Å². The molecule has 3 N–H and O–H groups in total. The fraction of sp³-hybridized carbons (Fsp3) is 0.273. The van der Waals surface area contributed by atoms with Gasteiger partial charge in [0, 0.05) is 3.57 Å². The number of carboxylic acid groups (broad SMARTS) is 1. The van der Waals surface area contributed by atoms with Crippen LogP contribution in [0.4, 0.5) is 4.39 Å². The van der Waals surface area contributed by atoms with Crippen molar-refractivity contribution in [1.82, 2.24) is 5.32 Å². The number of hydrogen-bond acceptors (Lipinski definition) is 3. The molecule has 0 spiro atoms. The predicted molar refractivity (Wildman–Crippen MR) is 69.7 cm³/mol. The summed E-state index contributed by atoms with van der Waals surface area (Å²) in [5.74, 6) is -2.93. The van der Waals surface area contributed by atoms with Crippen LogP contribution in [0.5, 0.6) is 0 Å². The van der Waals surface area contributed by atoms with E-state index in [1.807, 2.05) is 0 Å².